The van der Waals surface area contributed by atoms with Gasteiger partial charge in [0.15, 0.2) is 5.96 Å². The lowest BCUT2D eigenvalue weighted by molar-refractivity contribution is 0.0526. The fourth-order valence-electron chi connectivity index (χ4n) is 4.16. The molecule has 2 fully saturated rings. The number of fused-ring (bicyclic) bond motifs is 2. The number of benzene rings is 1. The number of halogens is 1. The maximum atomic E-state index is 9.03. The van der Waals surface area contributed by atoms with E-state index in [1.54, 1.807) is 0 Å². The predicted molar refractivity (Wildman–Crippen MR) is 117 cm³/mol. The number of aliphatic imine (C=N–C) groups is 1. The third-order valence-corrected chi connectivity index (χ3v) is 5.50. The summed E-state index contributed by atoms with van der Waals surface area (Å²) in [5.41, 5.74) is 1.75. The first kappa shape index (κ1) is 21.0. The zero-order valence-corrected chi connectivity index (χ0v) is 18.1. The molecule has 0 spiro atoms. The molecule has 3 rings (SSSR count). The molecule has 5 nitrogen and oxygen atoms in total. The maximum absolute atomic E-state index is 9.03. The van der Waals surface area contributed by atoms with Crippen molar-refractivity contribution in [2.45, 2.75) is 63.7 Å². The molecule has 26 heavy (non-hydrogen) atoms. The number of nitrogens with zero attached hydrogens (tertiary/aromatic N) is 3. The van der Waals surface area contributed by atoms with E-state index in [1.807, 2.05) is 24.3 Å². The van der Waals surface area contributed by atoms with Gasteiger partial charge >= 0.3 is 0 Å². The van der Waals surface area contributed by atoms with E-state index in [0.717, 1.165) is 18.1 Å². The van der Waals surface area contributed by atoms with Crippen LogP contribution in [0.4, 0.5) is 0 Å². The Balaban J connectivity index is 0.00000243. The molecular formula is C20H30IN5. The molecule has 2 aliphatic rings. The Labute approximate surface area is 174 Å². The highest BCUT2D eigenvalue weighted by atomic mass is 127. The Morgan fingerprint density at radius 3 is 2.69 bits per heavy atom. The van der Waals surface area contributed by atoms with Crippen LogP contribution in [0, 0.1) is 11.3 Å². The van der Waals surface area contributed by atoms with Gasteiger partial charge in [-0.05, 0) is 57.4 Å². The smallest absolute Gasteiger partial charge is 0.191 e. The van der Waals surface area contributed by atoms with Crippen molar-refractivity contribution in [2.24, 2.45) is 4.99 Å². The lowest BCUT2D eigenvalue weighted by atomic mass is 9.82. The summed E-state index contributed by atoms with van der Waals surface area (Å²) < 4.78 is 0. The van der Waals surface area contributed by atoms with Gasteiger partial charge < -0.3 is 15.5 Å². The molecule has 2 bridgehead atoms. The Hall–Kier alpha value is -1.33. The minimum absolute atomic E-state index is 0. The maximum Gasteiger partial charge on any atom is 0.191 e. The molecule has 0 saturated carbocycles. The Morgan fingerprint density at radius 2 is 2.04 bits per heavy atom. The van der Waals surface area contributed by atoms with Crippen molar-refractivity contribution in [3.63, 3.8) is 0 Å². The van der Waals surface area contributed by atoms with E-state index in [9.17, 15) is 0 Å². The number of guanidine groups is 1. The van der Waals surface area contributed by atoms with Gasteiger partial charge in [0, 0.05) is 24.7 Å². The predicted octanol–water partition coefficient (Wildman–Crippen LogP) is 3.25. The molecule has 6 heteroatoms. The second-order valence-electron chi connectivity index (χ2n) is 7.22. The number of hydrogen-bond acceptors (Lipinski definition) is 3. The molecule has 0 aromatic heterocycles. The third-order valence-electron chi connectivity index (χ3n) is 5.50. The van der Waals surface area contributed by atoms with E-state index in [4.69, 9.17) is 10.3 Å². The summed E-state index contributed by atoms with van der Waals surface area (Å²) in [5, 5.41) is 16.0. The number of rotatable bonds is 4. The highest BCUT2D eigenvalue weighted by Gasteiger charge is 2.36. The van der Waals surface area contributed by atoms with Crippen LogP contribution in [0.1, 0.15) is 50.2 Å². The van der Waals surface area contributed by atoms with Crippen molar-refractivity contribution < 1.29 is 0 Å². The Morgan fingerprint density at radius 1 is 1.31 bits per heavy atom. The first-order chi connectivity index (χ1) is 12.2. The average molecular weight is 467 g/mol. The van der Waals surface area contributed by atoms with Gasteiger partial charge in [-0.2, -0.15) is 5.26 Å². The van der Waals surface area contributed by atoms with Crippen molar-refractivity contribution >= 4 is 29.9 Å². The van der Waals surface area contributed by atoms with Crippen LogP contribution >= 0.6 is 24.0 Å². The molecule has 0 aliphatic carbocycles. The van der Waals surface area contributed by atoms with Gasteiger partial charge in [0.2, 0.25) is 0 Å². The van der Waals surface area contributed by atoms with Crippen LogP contribution in [0.5, 0.6) is 0 Å². The summed E-state index contributed by atoms with van der Waals surface area (Å²) >= 11 is 0. The van der Waals surface area contributed by atoms with Crippen LogP contribution in [0.15, 0.2) is 29.3 Å². The lowest BCUT2D eigenvalue weighted by Gasteiger charge is -2.47. The monoisotopic (exact) mass is 467 g/mol. The highest BCUT2D eigenvalue weighted by Crippen LogP contribution is 2.32. The van der Waals surface area contributed by atoms with E-state index in [0.29, 0.717) is 30.2 Å². The van der Waals surface area contributed by atoms with Gasteiger partial charge in [-0.3, -0.25) is 0 Å². The van der Waals surface area contributed by atoms with Crippen LogP contribution in [0.2, 0.25) is 0 Å². The van der Waals surface area contributed by atoms with Crippen LogP contribution in [-0.2, 0) is 6.54 Å². The zero-order chi connectivity index (χ0) is 17.6. The molecule has 1 aromatic rings. The number of nitrogens with one attached hydrogen (secondary N) is 2. The van der Waals surface area contributed by atoms with Gasteiger partial charge in [-0.15, -0.1) is 24.0 Å². The molecule has 2 aliphatic heterocycles. The van der Waals surface area contributed by atoms with Crippen LogP contribution < -0.4 is 10.6 Å². The highest BCUT2D eigenvalue weighted by molar-refractivity contribution is 14.0. The van der Waals surface area contributed by atoms with E-state index in [1.165, 1.54) is 32.1 Å². The normalized spacial score (nSPS) is 25.7. The van der Waals surface area contributed by atoms with Gasteiger partial charge in [0.1, 0.15) is 0 Å². The van der Waals surface area contributed by atoms with E-state index >= 15 is 0 Å². The fourth-order valence-corrected chi connectivity index (χ4v) is 4.16. The van der Waals surface area contributed by atoms with Crippen LogP contribution in [0.25, 0.3) is 0 Å². The van der Waals surface area contributed by atoms with Crippen molar-refractivity contribution in [3.05, 3.63) is 35.4 Å². The number of nitriles is 1. The Kier molecular flexibility index (Phi) is 8.16. The van der Waals surface area contributed by atoms with E-state index < -0.39 is 0 Å². The minimum Gasteiger partial charge on any atom is -0.357 e. The molecule has 142 valence electrons. The summed E-state index contributed by atoms with van der Waals surface area (Å²) in [6, 6.07) is 11.8. The molecule has 2 atom stereocenters. The van der Waals surface area contributed by atoms with Crippen molar-refractivity contribution in [1.29, 1.82) is 5.26 Å². The molecule has 2 saturated heterocycles. The van der Waals surface area contributed by atoms with E-state index in [-0.39, 0.29) is 24.0 Å². The van der Waals surface area contributed by atoms with Crippen molar-refractivity contribution in [2.75, 3.05) is 13.6 Å². The molecule has 2 N–H and O–H groups in total. The molecular weight excluding hydrogens is 437 g/mol. The summed E-state index contributed by atoms with van der Waals surface area (Å²) in [4.78, 5) is 7.32. The average Bonchev–Trinajstić information content (AvgIpc) is 2.61. The molecule has 0 amide bonds. The summed E-state index contributed by atoms with van der Waals surface area (Å²) in [5.74, 6) is 0.887. The quantitative estimate of drug-likeness (QED) is 0.406. The van der Waals surface area contributed by atoms with Crippen LogP contribution in [0.3, 0.4) is 0 Å². The zero-order valence-electron chi connectivity index (χ0n) is 15.7. The van der Waals surface area contributed by atoms with Gasteiger partial charge in [0.25, 0.3) is 0 Å². The second kappa shape index (κ2) is 10.1. The third kappa shape index (κ3) is 5.34. The van der Waals surface area contributed by atoms with Gasteiger partial charge in [-0.25, -0.2) is 4.99 Å². The second-order valence-corrected chi connectivity index (χ2v) is 7.22. The summed E-state index contributed by atoms with van der Waals surface area (Å²) in [6.45, 7) is 3.53. The summed E-state index contributed by atoms with van der Waals surface area (Å²) in [6.07, 6.45) is 6.40. The first-order valence-electron chi connectivity index (χ1n) is 9.45. The van der Waals surface area contributed by atoms with Crippen molar-refractivity contribution in [1.82, 2.24) is 15.5 Å². The van der Waals surface area contributed by atoms with Gasteiger partial charge in [0.05, 0.1) is 18.2 Å². The lowest BCUT2D eigenvalue weighted by Crippen LogP contribution is -2.56. The Bertz CT molecular complexity index is 640. The number of hydrogen-bond donors (Lipinski definition) is 2. The fraction of sp³-hybridized carbons (Fsp3) is 0.600. The van der Waals surface area contributed by atoms with Crippen molar-refractivity contribution in [3.8, 4) is 6.07 Å². The summed E-state index contributed by atoms with van der Waals surface area (Å²) in [7, 11) is 2.28. The number of piperidine rings is 2. The van der Waals surface area contributed by atoms with Gasteiger partial charge in [-0.1, -0.05) is 18.6 Å². The molecule has 1 aromatic carbocycles. The topological polar surface area (TPSA) is 63.5 Å². The molecule has 0 radical (unpaired) electrons. The molecule has 2 unspecified atom stereocenters. The SMILES string of the molecule is CCNC(=NCc1cccc(C#N)c1)NC1CC2CCCC(C1)N2C.I. The van der Waals surface area contributed by atoms with E-state index in [2.05, 4.69) is 35.6 Å². The minimum atomic E-state index is 0. The largest absolute Gasteiger partial charge is 0.357 e. The van der Waals surface area contributed by atoms with Crippen LogP contribution in [-0.4, -0.2) is 42.6 Å². The molecule has 2 heterocycles. The first-order valence-corrected chi connectivity index (χ1v) is 9.45. The standard InChI is InChI=1S/C20H29N5.HI/c1-3-22-20(23-14-16-7-4-6-15(10-16)13-21)24-17-11-18-8-5-9-19(12-17)25(18)2;/h4,6-7,10,17-19H,3,5,8-9,11-12,14H2,1-2H3,(H2,22,23,24);1H.